The molecule has 0 N–H and O–H groups in total. The first-order chi connectivity index (χ1) is 12.2. The second-order valence-electron chi connectivity index (χ2n) is 6.45. The number of fused-ring (bicyclic) bond motifs is 1. The van der Waals surface area contributed by atoms with Gasteiger partial charge in [-0.25, -0.2) is 0 Å². The zero-order chi connectivity index (χ0) is 17.8. The lowest BCUT2D eigenvalue weighted by Crippen LogP contribution is -2.32. The zero-order valence-corrected chi connectivity index (χ0v) is 15.9. The number of ether oxygens (including phenoxy) is 1. The lowest BCUT2D eigenvalue weighted by molar-refractivity contribution is -0.121. The molecule has 1 aliphatic heterocycles. The standard InChI is InChI=1S/C21H25NO2S/c1-4-5-9-16-14-25-20-13-19(24-3)15(2)12-18(20)22(21(16)23)17-10-7-6-8-11-17/h6-8,10-13,16H,4-5,9,14H2,1-3H3. The van der Waals surface area contributed by atoms with E-state index in [0.717, 1.165) is 52.6 Å². The summed E-state index contributed by atoms with van der Waals surface area (Å²) in [7, 11) is 1.69. The summed E-state index contributed by atoms with van der Waals surface area (Å²) in [6, 6.07) is 14.1. The summed E-state index contributed by atoms with van der Waals surface area (Å²) in [4.78, 5) is 16.4. The summed E-state index contributed by atoms with van der Waals surface area (Å²) in [6.07, 6.45) is 3.13. The third-order valence-electron chi connectivity index (χ3n) is 4.65. The van der Waals surface area contributed by atoms with E-state index in [1.165, 1.54) is 0 Å². The molecule has 1 heterocycles. The van der Waals surface area contributed by atoms with Crippen molar-refractivity contribution in [1.29, 1.82) is 0 Å². The Morgan fingerprint density at radius 3 is 2.68 bits per heavy atom. The molecule has 0 spiro atoms. The van der Waals surface area contributed by atoms with Crippen molar-refractivity contribution in [2.75, 3.05) is 17.8 Å². The molecule has 0 aliphatic carbocycles. The van der Waals surface area contributed by atoms with Crippen LogP contribution in [0, 0.1) is 12.8 Å². The van der Waals surface area contributed by atoms with Crippen molar-refractivity contribution in [2.24, 2.45) is 5.92 Å². The molecule has 1 aliphatic rings. The van der Waals surface area contributed by atoms with Gasteiger partial charge in [0, 0.05) is 22.3 Å². The minimum absolute atomic E-state index is 0.0452. The highest BCUT2D eigenvalue weighted by Gasteiger charge is 2.32. The SMILES string of the molecule is CCCCC1CSc2cc(OC)c(C)cc2N(c2ccccc2)C1=O. The molecule has 1 unspecified atom stereocenters. The normalized spacial score (nSPS) is 17.2. The van der Waals surface area contributed by atoms with Crippen LogP contribution in [0.15, 0.2) is 47.4 Å². The second-order valence-corrected chi connectivity index (χ2v) is 7.51. The molecule has 2 aromatic rings. The molecule has 1 amide bonds. The first-order valence-corrected chi connectivity index (χ1v) is 9.84. The fourth-order valence-corrected chi connectivity index (χ4v) is 4.41. The minimum atomic E-state index is 0.0452. The average molecular weight is 356 g/mol. The van der Waals surface area contributed by atoms with E-state index in [9.17, 15) is 4.79 Å². The maximum Gasteiger partial charge on any atom is 0.235 e. The van der Waals surface area contributed by atoms with Crippen LogP contribution in [-0.4, -0.2) is 18.8 Å². The van der Waals surface area contributed by atoms with E-state index in [-0.39, 0.29) is 11.8 Å². The highest BCUT2D eigenvalue weighted by atomic mass is 32.2. The van der Waals surface area contributed by atoms with E-state index in [0.29, 0.717) is 0 Å². The maximum atomic E-state index is 13.4. The van der Waals surface area contributed by atoms with Crippen LogP contribution in [0.4, 0.5) is 11.4 Å². The van der Waals surface area contributed by atoms with Crippen LogP contribution in [0.5, 0.6) is 5.75 Å². The van der Waals surface area contributed by atoms with Gasteiger partial charge < -0.3 is 4.74 Å². The van der Waals surface area contributed by atoms with Crippen molar-refractivity contribution in [1.82, 2.24) is 0 Å². The van der Waals surface area contributed by atoms with Gasteiger partial charge in [0.1, 0.15) is 5.75 Å². The molecule has 25 heavy (non-hydrogen) atoms. The molecule has 0 radical (unpaired) electrons. The van der Waals surface area contributed by atoms with E-state index in [4.69, 9.17) is 4.74 Å². The number of nitrogens with zero attached hydrogens (tertiary/aromatic N) is 1. The first-order valence-electron chi connectivity index (χ1n) is 8.86. The van der Waals surface area contributed by atoms with E-state index in [2.05, 4.69) is 19.1 Å². The second kappa shape index (κ2) is 7.96. The third-order valence-corrected chi connectivity index (χ3v) is 5.85. The van der Waals surface area contributed by atoms with Crippen molar-refractivity contribution in [2.45, 2.75) is 38.0 Å². The molecule has 132 valence electrons. The average Bonchev–Trinajstić information content (AvgIpc) is 2.76. The fourth-order valence-electron chi connectivity index (χ4n) is 3.23. The smallest absolute Gasteiger partial charge is 0.235 e. The van der Waals surface area contributed by atoms with Crippen LogP contribution in [0.3, 0.4) is 0 Å². The Hall–Kier alpha value is -1.94. The van der Waals surface area contributed by atoms with Crippen LogP contribution < -0.4 is 9.64 Å². The van der Waals surface area contributed by atoms with Crippen LogP contribution in [0.25, 0.3) is 0 Å². The number of anilines is 2. The van der Waals surface area contributed by atoms with Gasteiger partial charge in [0.25, 0.3) is 0 Å². The van der Waals surface area contributed by atoms with Crippen molar-refractivity contribution in [3.63, 3.8) is 0 Å². The number of hydrogen-bond acceptors (Lipinski definition) is 3. The summed E-state index contributed by atoms with van der Waals surface area (Å²) >= 11 is 1.77. The Balaban J connectivity index is 2.09. The van der Waals surface area contributed by atoms with Gasteiger partial charge >= 0.3 is 0 Å². The lowest BCUT2D eigenvalue weighted by atomic mass is 10.0. The van der Waals surface area contributed by atoms with Gasteiger partial charge in [0.2, 0.25) is 5.91 Å². The van der Waals surface area contributed by atoms with E-state index < -0.39 is 0 Å². The molecule has 0 aromatic heterocycles. The largest absolute Gasteiger partial charge is 0.496 e. The monoisotopic (exact) mass is 355 g/mol. The summed E-state index contributed by atoms with van der Waals surface area (Å²) in [5, 5.41) is 0. The van der Waals surface area contributed by atoms with E-state index in [1.807, 2.05) is 42.2 Å². The fraction of sp³-hybridized carbons (Fsp3) is 0.381. The Morgan fingerprint density at radius 1 is 1.24 bits per heavy atom. The highest BCUT2D eigenvalue weighted by Crippen LogP contribution is 2.43. The van der Waals surface area contributed by atoms with Gasteiger partial charge in [-0.2, -0.15) is 0 Å². The van der Waals surface area contributed by atoms with Crippen LogP contribution in [-0.2, 0) is 4.79 Å². The van der Waals surface area contributed by atoms with Crippen LogP contribution in [0.2, 0.25) is 0 Å². The first kappa shape index (κ1) is 17.9. The van der Waals surface area contributed by atoms with Gasteiger partial charge in [-0.05, 0) is 43.2 Å². The van der Waals surface area contributed by atoms with Crippen LogP contribution in [0.1, 0.15) is 31.7 Å². The Kier molecular flexibility index (Phi) is 5.69. The quantitative estimate of drug-likeness (QED) is 0.701. The molecule has 1 atom stereocenters. The molecular weight excluding hydrogens is 330 g/mol. The number of methoxy groups -OCH3 is 1. The summed E-state index contributed by atoms with van der Waals surface area (Å²) in [5.74, 6) is 1.94. The molecule has 0 fully saturated rings. The number of rotatable bonds is 5. The van der Waals surface area contributed by atoms with Crippen molar-refractivity contribution < 1.29 is 9.53 Å². The Bertz CT molecular complexity index is 745. The minimum Gasteiger partial charge on any atom is -0.496 e. The van der Waals surface area contributed by atoms with E-state index in [1.54, 1.807) is 18.9 Å². The van der Waals surface area contributed by atoms with Gasteiger partial charge in [-0.3, -0.25) is 9.69 Å². The third kappa shape index (κ3) is 3.69. The number of thioether (sulfide) groups is 1. The predicted molar refractivity (Wildman–Crippen MR) is 105 cm³/mol. The van der Waals surface area contributed by atoms with E-state index >= 15 is 0 Å². The predicted octanol–water partition coefficient (Wildman–Crippen LogP) is 5.58. The number of benzene rings is 2. The topological polar surface area (TPSA) is 29.5 Å². The number of carbonyl (C=O) groups is 1. The number of aryl methyl sites for hydroxylation is 1. The number of amides is 1. The van der Waals surface area contributed by atoms with Crippen LogP contribution >= 0.6 is 11.8 Å². The van der Waals surface area contributed by atoms with Crippen molar-refractivity contribution in [3.05, 3.63) is 48.0 Å². The zero-order valence-electron chi connectivity index (χ0n) is 15.1. The molecule has 4 heteroatoms. The molecule has 3 rings (SSSR count). The number of carbonyl (C=O) groups excluding carboxylic acids is 1. The van der Waals surface area contributed by atoms with Crippen molar-refractivity contribution in [3.8, 4) is 5.75 Å². The molecule has 0 bridgehead atoms. The summed E-state index contributed by atoms with van der Waals surface area (Å²) < 4.78 is 5.49. The summed E-state index contributed by atoms with van der Waals surface area (Å²) in [5.41, 5.74) is 2.95. The molecule has 0 saturated carbocycles. The lowest BCUT2D eigenvalue weighted by Gasteiger charge is -2.26. The van der Waals surface area contributed by atoms with Gasteiger partial charge in [0.15, 0.2) is 0 Å². The Labute approximate surface area is 154 Å². The summed E-state index contributed by atoms with van der Waals surface area (Å²) in [6.45, 7) is 4.20. The number of para-hydroxylation sites is 1. The van der Waals surface area contributed by atoms with Gasteiger partial charge in [-0.15, -0.1) is 11.8 Å². The highest BCUT2D eigenvalue weighted by molar-refractivity contribution is 7.99. The van der Waals surface area contributed by atoms with Gasteiger partial charge in [-0.1, -0.05) is 38.0 Å². The maximum absolute atomic E-state index is 13.4. The number of unbranched alkanes of at least 4 members (excludes halogenated alkanes) is 1. The molecular formula is C21H25NO2S. The molecule has 0 saturated heterocycles. The molecule has 3 nitrogen and oxygen atoms in total. The van der Waals surface area contributed by atoms with Crippen molar-refractivity contribution >= 4 is 29.0 Å². The number of hydrogen-bond donors (Lipinski definition) is 0. The Morgan fingerprint density at radius 2 is 2.00 bits per heavy atom. The molecule has 2 aromatic carbocycles. The van der Waals surface area contributed by atoms with Gasteiger partial charge in [0.05, 0.1) is 12.8 Å².